The monoisotopic (exact) mass is 408 g/mol. The van der Waals surface area contributed by atoms with E-state index in [9.17, 15) is 22.9 Å². The van der Waals surface area contributed by atoms with Gasteiger partial charge in [-0.05, 0) is 28.8 Å². The fraction of sp³-hybridized carbons (Fsp3) is 0.278. The molecule has 2 N–H and O–H groups in total. The Bertz CT molecular complexity index is 976. The van der Waals surface area contributed by atoms with E-state index >= 15 is 0 Å². The number of benzene rings is 2. The van der Waals surface area contributed by atoms with Crippen molar-refractivity contribution in [1.29, 1.82) is 0 Å². The third-order valence-electron chi connectivity index (χ3n) is 3.86. The molecular weight excluding hydrogens is 387 g/mol. The van der Waals surface area contributed by atoms with E-state index in [0.717, 1.165) is 11.8 Å². The summed E-state index contributed by atoms with van der Waals surface area (Å²) in [5, 5.41) is 16.7. The molecule has 8 nitrogen and oxygen atoms in total. The van der Waals surface area contributed by atoms with E-state index in [4.69, 9.17) is 0 Å². The highest BCUT2D eigenvalue weighted by Gasteiger charge is 2.11. The van der Waals surface area contributed by atoms with Gasteiger partial charge in [0.1, 0.15) is 5.82 Å². The largest absolute Gasteiger partial charge is 0.352 e. The minimum absolute atomic E-state index is 0.00997. The second-order valence-electron chi connectivity index (χ2n) is 6.19. The Labute approximate surface area is 162 Å². The molecule has 0 saturated heterocycles. The number of nitro benzene ring substituents is 1. The molecule has 0 aliphatic heterocycles. The zero-order chi connectivity index (χ0) is 20.7. The molecule has 0 bridgehead atoms. The van der Waals surface area contributed by atoms with Gasteiger partial charge in [-0.25, -0.2) is 12.8 Å². The highest BCUT2D eigenvalue weighted by molar-refractivity contribution is 7.89. The van der Waals surface area contributed by atoms with E-state index in [-0.39, 0.29) is 18.0 Å². The van der Waals surface area contributed by atoms with Crippen LogP contribution in [0.2, 0.25) is 0 Å². The van der Waals surface area contributed by atoms with E-state index < -0.39 is 20.6 Å². The van der Waals surface area contributed by atoms with Gasteiger partial charge in [0, 0.05) is 38.5 Å². The first-order valence-electron chi connectivity index (χ1n) is 8.31. The number of halogens is 1. The predicted octanol–water partition coefficient (Wildman–Crippen LogP) is 2.14. The molecule has 0 atom stereocenters. The van der Waals surface area contributed by atoms with E-state index in [1.54, 1.807) is 19.2 Å². The van der Waals surface area contributed by atoms with Crippen LogP contribution in [0.15, 0.2) is 47.5 Å². The van der Waals surface area contributed by atoms with Crippen molar-refractivity contribution >= 4 is 21.5 Å². The molecule has 0 unspecified atom stereocenters. The molecule has 28 heavy (non-hydrogen) atoms. The Morgan fingerprint density at radius 3 is 2.32 bits per heavy atom. The van der Waals surface area contributed by atoms with Gasteiger partial charge in [0.15, 0.2) is 15.8 Å². The van der Waals surface area contributed by atoms with Gasteiger partial charge in [-0.15, -0.1) is 0 Å². The predicted molar refractivity (Wildman–Crippen MR) is 105 cm³/mol. The number of nitrogens with one attached hydrogen (secondary N) is 2. The summed E-state index contributed by atoms with van der Waals surface area (Å²) in [6, 6.07) is 10.1. The van der Waals surface area contributed by atoms with Crippen molar-refractivity contribution in [2.45, 2.75) is 18.8 Å². The second-order valence-corrected chi connectivity index (χ2v) is 8.33. The SMILES string of the molecule is CN=C(NCc1ccc([N+](=O)[O-])cc1)NCc1cc(F)ccc1CS(C)(=O)=O. The van der Waals surface area contributed by atoms with E-state index in [1.165, 1.54) is 30.3 Å². The molecule has 0 heterocycles. The number of non-ortho nitro benzene ring substituents is 1. The lowest BCUT2D eigenvalue weighted by atomic mass is 10.1. The van der Waals surface area contributed by atoms with Crippen molar-refractivity contribution in [3.8, 4) is 0 Å². The summed E-state index contributed by atoms with van der Waals surface area (Å²) in [4.78, 5) is 14.3. The summed E-state index contributed by atoms with van der Waals surface area (Å²) in [7, 11) is -1.69. The molecule has 2 rings (SSSR count). The van der Waals surface area contributed by atoms with Crippen LogP contribution in [-0.2, 0) is 28.7 Å². The smallest absolute Gasteiger partial charge is 0.269 e. The topological polar surface area (TPSA) is 114 Å². The molecule has 0 aromatic heterocycles. The van der Waals surface area contributed by atoms with Crippen molar-refractivity contribution in [2.24, 2.45) is 4.99 Å². The highest BCUT2D eigenvalue weighted by atomic mass is 32.2. The van der Waals surface area contributed by atoms with Crippen molar-refractivity contribution in [3.05, 3.63) is 75.1 Å². The van der Waals surface area contributed by atoms with Gasteiger partial charge in [-0.3, -0.25) is 15.1 Å². The molecule has 0 spiro atoms. The summed E-state index contributed by atoms with van der Waals surface area (Å²) in [6.07, 6.45) is 1.12. The molecule has 0 amide bonds. The molecule has 0 aliphatic carbocycles. The third kappa shape index (κ3) is 6.62. The first kappa shape index (κ1) is 21.3. The van der Waals surface area contributed by atoms with Gasteiger partial charge < -0.3 is 10.6 Å². The normalized spacial score (nSPS) is 11.9. The fourth-order valence-corrected chi connectivity index (χ4v) is 3.35. The number of aliphatic imine (C=N–C) groups is 1. The van der Waals surface area contributed by atoms with Crippen molar-refractivity contribution in [1.82, 2.24) is 10.6 Å². The molecule has 150 valence electrons. The zero-order valence-electron chi connectivity index (χ0n) is 15.5. The number of nitro groups is 1. The van der Waals surface area contributed by atoms with Gasteiger partial charge in [-0.2, -0.15) is 0 Å². The number of nitrogens with zero attached hydrogens (tertiary/aromatic N) is 2. The quantitative estimate of drug-likeness (QED) is 0.314. The van der Waals surface area contributed by atoms with E-state index in [1.807, 2.05) is 0 Å². The van der Waals surface area contributed by atoms with Crippen molar-refractivity contribution in [3.63, 3.8) is 0 Å². The maximum absolute atomic E-state index is 13.6. The average molecular weight is 408 g/mol. The number of guanidine groups is 1. The van der Waals surface area contributed by atoms with Crippen LogP contribution in [0.1, 0.15) is 16.7 Å². The van der Waals surface area contributed by atoms with Crippen LogP contribution >= 0.6 is 0 Å². The summed E-state index contributed by atoms with van der Waals surface area (Å²) in [5.41, 5.74) is 1.86. The van der Waals surface area contributed by atoms with Crippen LogP contribution in [0.25, 0.3) is 0 Å². The lowest BCUT2D eigenvalue weighted by Crippen LogP contribution is -2.36. The number of sulfone groups is 1. The minimum Gasteiger partial charge on any atom is -0.352 e. The van der Waals surface area contributed by atoms with Crippen LogP contribution in [0, 0.1) is 15.9 Å². The molecule has 0 radical (unpaired) electrons. The first-order valence-corrected chi connectivity index (χ1v) is 10.4. The maximum Gasteiger partial charge on any atom is 0.269 e. The number of rotatable bonds is 7. The van der Waals surface area contributed by atoms with Gasteiger partial charge >= 0.3 is 0 Å². The lowest BCUT2D eigenvalue weighted by molar-refractivity contribution is -0.384. The van der Waals surface area contributed by atoms with E-state index in [0.29, 0.717) is 23.6 Å². The molecule has 2 aromatic rings. The average Bonchev–Trinajstić information content (AvgIpc) is 2.63. The Morgan fingerprint density at radius 2 is 1.75 bits per heavy atom. The molecular formula is C18H21FN4O4S. The van der Waals surface area contributed by atoms with Crippen molar-refractivity contribution in [2.75, 3.05) is 13.3 Å². The Kier molecular flexibility index (Phi) is 7.05. The molecule has 0 aliphatic rings. The number of hydrogen-bond acceptors (Lipinski definition) is 5. The van der Waals surface area contributed by atoms with Crippen LogP contribution in [0.5, 0.6) is 0 Å². The van der Waals surface area contributed by atoms with Crippen molar-refractivity contribution < 1.29 is 17.7 Å². The van der Waals surface area contributed by atoms with Gasteiger partial charge in [-0.1, -0.05) is 18.2 Å². The maximum atomic E-state index is 13.6. The van der Waals surface area contributed by atoms with E-state index in [2.05, 4.69) is 15.6 Å². The van der Waals surface area contributed by atoms with Crippen LogP contribution < -0.4 is 10.6 Å². The minimum atomic E-state index is -3.26. The summed E-state index contributed by atoms with van der Waals surface area (Å²) in [5.74, 6) is -0.213. The lowest BCUT2D eigenvalue weighted by Gasteiger charge is -2.14. The van der Waals surface area contributed by atoms with Gasteiger partial charge in [0.2, 0.25) is 0 Å². The summed E-state index contributed by atoms with van der Waals surface area (Å²) >= 11 is 0. The second kappa shape index (κ2) is 9.27. The molecule has 10 heteroatoms. The van der Waals surface area contributed by atoms with Gasteiger partial charge in [0.25, 0.3) is 5.69 Å². The molecule has 0 saturated carbocycles. The standard InChI is InChI=1S/C18H21FN4O4S/c1-20-18(21-10-13-3-7-17(8-4-13)23(24)25)22-11-15-9-16(19)6-5-14(15)12-28(2,26)27/h3-9H,10-12H2,1-2H3,(H2,20,21,22). The fourth-order valence-electron chi connectivity index (χ4n) is 2.50. The summed E-state index contributed by atoms with van der Waals surface area (Å²) < 4.78 is 36.7. The Hall–Kier alpha value is -3.01. The molecule has 2 aromatic carbocycles. The Morgan fingerprint density at radius 1 is 1.11 bits per heavy atom. The third-order valence-corrected chi connectivity index (χ3v) is 4.70. The Balaban J connectivity index is 2.00. The molecule has 0 fully saturated rings. The van der Waals surface area contributed by atoms with Crippen LogP contribution in [0.4, 0.5) is 10.1 Å². The number of hydrogen-bond donors (Lipinski definition) is 2. The highest BCUT2D eigenvalue weighted by Crippen LogP contribution is 2.15. The first-order chi connectivity index (χ1) is 13.2. The zero-order valence-corrected chi connectivity index (χ0v) is 16.3. The summed E-state index contributed by atoms with van der Waals surface area (Å²) in [6.45, 7) is 0.555. The van der Waals surface area contributed by atoms with Gasteiger partial charge in [0.05, 0.1) is 10.7 Å². The van der Waals surface area contributed by atoms with Crippen LogP contribution in [-0.4, -0.2) is 32.6 Å². The van der Waals surface area contributed by atoms with Crippen LogP contribution in [0.3, 0.4) is 0 Å².